The van der Waals surface area contributed by atoms with E-state index in [4.69, 9.17) is 5.14 Å². The van der Waals surface area contributed by atoms with Gasteiger partial charge in [0.05, 0.1) is 5.69 Å². The van der Waals surface area contributed by atoms with E-state index < -0.39 is 10.0 Å². The zero-order valence-corrected chi connectivity index (χ0v) is 10.2. The average Bonchev–Trinajstić information content (AvgIpc) is 2.45. The zero-order valence-electron chi connectivity index (χ0n) is 9.43. The van der Waals surface area contributed by atoms with E-state index >= 15 is 0 Å². The van der Waals surface area contributed by atoms with Crippen LogP contribution in [-0.2, 0) is 10.0 Å². The van der Waals surface area contributed by atoms with Crippen molar-refractivity contribution in [3.05, 3.63) is 11.8 Å². The summed E-state index contributed by atoms with van der Waals surface area (Å²) in [7, 11) is -3.69. The molecular weight excluding hydrogens is 214 g/mol. The fourth-order valence-electron chi connectivity index (χ4n) is 1.26. The number of nitrogens with two attached hydrogens (primary N) is 1. The molecule has 2 N–H and O–H groups in total. The second kappa shape index (κ2) is 3.94. The Morgan fingerprint density at radius 3 is 2.13 bits per heavy atom. The van der Waals surface area contributed by atoms with Gasteiger partial charge in [0, 0.05) is 12.1 Å². The number of sulfonamides is 1. The Morgan fingerprint density at radius 1 is 1.33 bits per heavy atom. The molecule has 0 aliphatic carbocycles. The fraction of sp³-hybridized carbons (Fsp3) is 0.667. The molecule has 1 rings (SSSR count). The Bertz CT molecular complexity index is 446. The highest BCUT2D eigenvalue weighted by molar-refractivity contribution is 7.89. The Hall–Kier alpha value is -0.880. The number of rotatable bonds is 3. The highest BCUT2D eigenvalue weighted by atomic mass is 32.2. The lowest BCUT2D eigenvalue weighted by Crippen LogP contribution is -2.19. The molecule has 1 heterocycles. The van der Waals surface area contributed by atoms with Gasteiger partial charge in [-0.1, -0.05) is 13.8 Å². The van der Waals surface area contributed by atoms with E-state index in [-0.39, 0.29) is 17.0 Å². The number of hydrogen-bond donors (Lipinski definition) is 1. The smallest absolute Gasteiger partial charge is 0.250 e. The number of aromatic nitrogens is 2. The summed E-state index contributed by atoms with van der Waals surface area (Å²) in [4.78, 5) is 0. The summed E-state index contributed by atoms with van der Waals surface area (Å²) in [6, 6.07) is 1.52. The minimum atomic E-state index is -3.69. The summed E-state index contributed by atoms with van der Waals surface area (Å²) in [6.07, 6.45) is 0. The van der Waals surface area contributed by atoms with E-state index in [0.29, 0.717) is 0 Å². The molecule has 0 saturated carbocycles. The van der Waals surface area contributed by atoms with Crippen LogP contribution in [0, 0.1) is 0 Å². The first-order valence-electron chi connectivity index (χ1n) is 4.85. The van der Waals surface area contributed by atoms with Gasteiger partial charge >= 0.3 is 0 Å². The Morgan fingerprint density at radius 2 is 1.87 bits per heavy atom. The minimum Gasteiger partial charge on any atom is -0.250 e. The molecule has 0 saturated heterocycles. The zero-order chi connectivity index (χ0) is 11.8. The lowest BCUT2D eigenvalue weighted by Gasteiger charge is -2.08. The Kier molecular flexibility index (Phi) is 3.20. The molecule has 0 aliphatic rings. The number of hydrogen-bond acceptors (Lipinski definition) is 3. The summed E-state index contributed by atoms with van der Waals surface area (Å²) in [6.45, 7) is 7.65. The van der Waals surface area contributed by atoms with Crippen LogP contribution in [0.3, 0.4) is 0 Å². The van der Waals surface area contributed by atoms with Gasteiger partial charge in [0.1, 0.15) is 0 Å². The molecule has 0 bridgehead atoms. The van der Waals surface area contributed by atoms with Crippen LogP contribution in [-0.4, -0.2) is 18.2 Å². The largest absolute Gasteiger partial charge is 0.255 e. The molecular formula is C9H17N3O2S. The predicted molar refractivity (Wildman–Crippen MR) is 58.1 cm³/mol. The quantitative estimate of drug-likeness (QED) is 0.850. The lowest BCUT2D eigenvalue weighted by molar-refractivity contribution is 0.474. The van der Waals surface area contributed by atoms with Crippen molar-refractivity contribution in [3.63, 3.8) is 0 Å². The van der Waals surface area contributed by atoms with E-state index in [1.165, 1.54) is 4.68 Å². The van der Waals surface area contributed by atoms with Crippen LogP contribution in [0.15, 0.2) is 11.1 Å². The van der Waals surface area contributed by atoms with Crippen LogP contribution < -0.4 is 5.14 Å². The molecule has 0 radical (unpaired) electrons. The van der Waals surface area contributed by atoms with Gasteiger partial charge in [-0.05, 0) is 19.8 Å². The monoisotopic (exact) mass is 231 g/mol. The molecule has 0 aromatic carbocycles. The van der Waals surface area contributed by atoms with E-state index in [2.05, 4.69) is 5.10 Å². The Labute approximate surface area is 90.3 Å². The van der Waals surface area contributed by atoms with Crippen LogP contribution in [0.2, 0.25) is 0 Å². The molecule has 0 aliphatic heterocycles. The van der Waals surface area contributed by atoms with Crippen molar-refractivity contribution in [3.8, 4) is 0 Å². The van der Waals surface area contributed by atoms with Crippen LogP contribution in [0.5, 0.6) is 0 Å². The van der Waals surface area contributed by atoms with E-state index in [9.17, 15) is 8.42 Å². The number of nitrogens with zero attached hydrogens (tertiary/aromatic N) is 2. The highest BCUT2D eigenvalue weighted by Crippen LogP contribution is 2.20. The molecule has 1 aromatic rings. The molecule has 0 atom stereocenters. The average molecular weight is 231 g/mol. The van der Waals surface area contributed by atoms with Gasteiger partial charge in [0.2, 0.25) is 0 Å². The fourth-order valence-corrected chi connectivity index (χ4v) is 2.06. The van der Waals surface area contributed by atoms with Gasteiger partial charge in [-0.2, -0.15) is 5.10 Å². The Balaban J connectivity index is 3.37. The van der Waals surface area contributed by atoms with E-state index in [1.807, 2.05) is 27.7 Å². The summed E-state index contributed by atoms with van der Waals surface area (Å²) in [5, 5.41) is 9.44. The van der Waals surface area contributed by atoms with Crippen LogP contribution in [0.25, 0.3) is 0 Å². The van der Waals surface area contributed by atoms with Crippen LogP contribution in [0.4, 0.5) is 0 Å². The molecule has 6 heteroatoms. The summed E-state index contributed by atoms with van der Waals surface area (Å²) >= 11 is 0. The second-order valence-corrected chi connectivity index (χ2v) is 5.65. The molecule has 86 valence electrons. The first-order chi connectivity index (χ1) is 6.73. The van der Waals surface area contributed by atoms with E-state index in [0.717, 1.165) is 5.69 Å². The molecule has 0 fully saturated rings. The van der Waals surface area contributed by atoms with Gasteiger partial charge < -0.3 is 0 Å². The number of primary sulfonamides is 1. The van der Waals surface area contributed by atoms with Gasteiger partial charge in [0.15, 0.2) is 5.03 Å². The van der Waals surface area contributed by atoms with Crippen molar-refractivity contribution in [1.82, 2.24) is 9.78 Å². The molecule has 15 heavy (non-hydrogen) atoms. The molecule has 1 aromatic heterocycles. The second-order valence-electron chi connectivity index (χ2n) is 4.15. The maximum absolute atomic E-state index is 11.3. The van der Waals surface area contributed by atoms with Crippen molar-refractivity contribution in [2.45, 2.75) is 44.7 Å². The van der Waals surface area contributed by atoms with Gasteiger partial charge in [-0.3, -0.25) is 4.68 Å². The summed E-state index contributed by atoms with van der Waals surface area (Å²) in [5.74, 6) is 0.186. The summed E-state index contributed by atoms with van der Waals surface area (Å²) in [5.41, 5.74) is 0.743. The van der Waals surface area contributed by atoms with Crippen LogP contribution in [0.1, 0.15) is 45.3 Å². The van der Waals surface area contributed by atoms with Crippen LogP contribution >= 0.6 is 0 Å². The third kappa shape index (κ3) is 2.57. The van der Waals surface area contributed by atoms with Gasteiger partial charge in [-0.15, -0.1) is 0 Å². The third-order valence-electron chi connectivity index (χ3n) is 2.09. The van der Waals surface area contributed by atoms with Crippen molar-refractivity contribution in [1.29, 1.82) is 0 Å². The minimum absolute atomic E-state index is 0.0224. The van der Waals surface area contributed by atoms with Crippen molar-refractivity contribution in [2.75, 3.05) is 0 Å². The van der Waals surface area contributed by atoms with E-state index in [1.54, 1.807) is 6.07 Å². The van der Waals surface area contributed by atoms with Gasteiger partial charge in [0.25, 0.3) is 10.0 Å². The SMILES string of the molecule is CC(C)c1cc(S(N)(=O)=O)n(C(C)C)n1. The standard InChI is InChI=1S/C9H17N3O2S/c1-6(2)8-5-9(15(10,13)14)12(11-8)7(3)4/h5-7H,1-4H3,(H2,10,13,14). The maximum Gasteiger partial charge on any atom is 0.255 e. The molecule has 0 spiro atoms. The topological polar surface area (TPSA) is 78.0 Å². The van der Waals surface area contributed by atoms with Crippen molar-refractivity contribution >= 4 is 10.0 Å². The summed E-state index contributed by atoms with van der Waals surface area (Å²) < 4.78 is 24.1. The lowest BCUT2D eigenvalue weighted by atomic mass is 10.1. The molecule has 0 unspecified atom stereocenters. The first kappa shape index (κ1) is 12.2. The van der Waals surface area contributed by atoms with Gasteiger partial charge in [-0.25, -0.2) is 13.6 Å². The maximum atomic E-state index is 11.3. The molecule has 5 nitrogen and oxygen atoms in total. The van der Waals surface area contributed by atoms with Crippen molar-refractivity contribution in [2.24, 2.45) is 5.14 Å². The normalized spacial score (nSPS) is 12.7. The highest BCUT2D eigenvalue weighted by Gasteiger charge is 2.20. The predicted octanol–water partition coefficient (Wildman–Crippen LogP) is 1.23. The molecule has 0 amide bonds. The van der Waals surface area contributed by atoms with Crippen molar-refractivity contribution < 1.29 is 8.42 Å². The first-order valence-corrected chi connectivity index (χ1v) is 6.40. The third-order valence-corrected chi connectivity index (χ3v) is 2.98.